The minimum Gasteiger partial charge on any atom is -0.480 e. The molecule has 2 unspecified atom stereocenters. The predicted octanol–water partition coefficient (Wildman–Crippen LogP) is 3.39. The maximum atomic E-state index is 11.3. The Morgan fingerprint density at radius 1 is 1.39 bits per heavy atom. The van der Waals surface area contributed by atoms with Crippen LogP contribution < -0.4 is 0 Å². The first-order valence-corrected chi connectivity index (χ1v) is 7.21. The molecule has 1 aliphatic carbocycles. The molecule has 0 spiro atoms. The minimum absolute atomic E-state index is 0.425. The van der Waals surface area contributed by atoms with E-state index in [-0.39, 0.29) is 0 Å². The van der Waals surface area contributed by atoms with Gasteiger partial charge in [-0.15, -0.1) is 0 Å². The largest absolute Gasteiger partial charge is 0.480 e. The Morgan fingerprint density at radius 3 is 2.50 bits per heavy atom. The van der Waals surface area contributed by atoms with Crippen molar-refractivity contribution in [3.8, 4) is 0 Å². The molecule has 0 aliphatic heterocycles. The van der Waals surface area contributed by atoms with Gasteiger partial charge < -0.3 is 5.11 Å². The normalized spacial score (nSPS) is 25.7. The molecule has 3 heteroatoms. The molecule has 1 N–H and O–H groups in total. The Morgan fingerprint density at radius 2 is 2.00 bits per heavy atom. The van der Waals surface area contributed by atoms with E-state index in [1.807, 2.05) is 7.05 Å². The van der Waals surface area contributed by atoms with Crippen molar-refractivity contribution >= 4 is 5.97 Å². The van der Waals surface area contributed by atoms with Gasteiger partial charge in [-0.3, -0.25) is 9.69 Å². The topological polar surface area (TPSA) is 40.5 Å². The molecule has 1 aliphatic rings. The van der Waals surface area contributed by atoms with Crippen molar-refractivity contribution in [2.75, 3.05) is 7.05 Å². The average Bonchev–Trinajstić information content (AvgIpc) is 2.27. The highest BCUT2D eigenvalue weighted by atomic mass is 16.4. The number of carboxylic acid groups (broad SMARTS) is 1. The number of nitrogens with zero attached hydrogens (tertiary/aromatic N) is 1. The SMILES string of the molecule is CC(C)CC1CCCC(N(C)C(C)(C)C(=O)O)C1. The van der Waals surface area contributed by atoms with Gasteiger partial charge in [0, 0.05) is 6.04 Å². The fourth-order valence-corrected chi connectivity index (χ4v) is 3.10. The van der Waals surface area contributed by atoms with E-state index >= 15 is 0 Å². The van der Waals surface area contributed by atoms with Crippen molar-refractivity contribution in [3.63, 3.8) is 0 Å². The third-order valence-electron chi connectivity index (χ3n) is 4.51. The molecule has 0 saturated heterocycles. The van der Waals surface area contributed by atoms with Gasteiger partial charge in [0.1, 0.15) is 5.54 Å². The molecule has 1 saturated carbocycles. The van der Waals surface area contributed by atoms with Crippen LogP contribution in [-0.2, 0) is 4.79 Å². The number of carbonyl (C=O) groups is 1. The fraction of sp³-hybridized carbons (Fsp3) is 0.933. The Hall–Kier alpha value is -0.570. The van der Waals surface area contributed by atoms with E-state index in [0.717, 1.165) is 24.7 Å². The van der Waals surface area contributed by atoms with Crippen LogP contribution in [0, 0.1) is 11.8 Å². The molecule has 106 valence electrons. The van der Waals surface area contributed by atoms with Crippen LogP contribution in [-0.4, -0.2) is 34.6 Å². The van der Waals surface area contributed by atoms with Gasteiger partial charge in [-0.05, 0) is 52.0 Å². The van der Waals surface area contributed by atoms with Crippen molar-refractivity contribution in [2.24, 2.45) is 11.8 Å². The monoisotopic (exact) mass is 255 g/mol. The second-order valence-corrected chi connectivity index (χ2v) is 6.79. The fourth-order valence-electron chi connectivity index (χ4n) is 3.10. The molecule has 0 aromatic rings. The first kappa shape index (κ1) is 15.5. The third kappa shape index (κ3) is 3.71. The lowest BCUT2D eigenvalue weighted by Gasteiger charge is -2.42. The lowest BCUT2D eigenvalue weighted by Crippen LogP contribution is -2.53. The lowest BCUT2D eigenvalue weighted by molar-refractivity contribution is -0.150. The summed E-state index contributed by atoms with van der Waals surface area (Å²) in [6, 6.07) is 0.425. The molecule has 3 nitrogen and oxygen atoms in total. The summed E-state index contributed by atoms with van der Waals surface area (Å²) in [6.45, 7) is 8.16. The van der Waals surface area contributed by atoms with Crippen LogP contribution in [0.15, 0.2) is 0 Å². The van der Waals surface area contributed by atoms with Gasteiger partial charge in [0.05, 0.1) is 0 Å². The molecule has 18 heavy (non-hydrogen) atoms. The van der Waals surface area contributed by atoms with Crippen LogP contribution in [0.3, 0.4) is 0 Å². The highest BCUT2D eigenvalue weighted by Gasteiger charge is 2.37. The molecular formula is C15H29NO2. The summed E-state index contributed by atoms with van der Waals surface area (Å²) in [4.78, 5) is 13.4. The minimum atomic E-state index is -0.760. The first-order chi connectivity index (χ1) is 8.25. The van der Waals surface area contributed by atoms with Crippen LogP contribution >= 0.6 is 0 Å². The van der Waals surface area contributed by atoms with E-state index in [1.165, 1.54) is 19.3 Å². The zero-order valence-corrected chi connectivity index (χ0v) is 12.6. The van der Waals surface area contributed by atoms with Crippen LogP contribution in [0.25, 0.3) is 0 Å². The van der Waals surface area contributed by atoms with E-state index in [1.54, 1.807) is 13.8 Å². The number of hydrogen-bond donors (Lipinski definition) is 1. The van der Waals surface area contributed by atoms with Gasteiger partial charge in [0.25, 0.3) is 0 Å². The van der Waals surface area contributed by atoms with Crippen molar-refractivity contribution in [1.29, 1.82) is 0 Å². The molecule has 0 radical (unpaired) electrons. The Labute approximate surface area is 112 Å². The molecule has 0 aromatic heterocycles. The zero-order chi connectivity index (χ0) is 13.9. The van der Waals surface area contributed by atoms with Gasteiger partial charge in [-0.2, -0.15) is 0 Å². The summed E-state index contributed by atoms with van der Waals surface area (Å²) in [5, 5.41) is 9.31. The van der Waals surface area contributed by atoms with E-state index in [2.05, 4.69) is 18.7 Å². The maximum absolute atomic E-state index is 11.3. The standard InChI is InChI=1S/C15H29NO2/c1-11(2)9-12-7-6-8-13(10-12)16(5)15(3,4)14(17)18/h11-13H,6-10H2,1-5H3,(H,17,18). The second-order valence-electron chi connectivity index (χ2n) is 6.79. The summed E-state index contributed by atoms with van der Waals surface area (Å²) in [5.41, 5.74) is -0.760. The Balaban J connectivity index is 2.63. The first-order valence-electron chi connectivity index (χ1n) is 7.21. The molecule has 0 heterocycles. The number of carboxylic acids is 1. The summed E-state index contributed by atoms with van der Waals surface area (Å²) in [7, 11) is 1.97. The van der Waals surface area contributed by atoms with Gasteiger partial charge >= 0.3 is 5.97 Å². The predicted molar refractivity (Wildman–Crippen MR) is 74.7 cm³/mol. The molecule has 2 atom stereocenters. The van der Waals surface area contributed by atoms with E-state index in [4.69, 9.17) is 0 Å². The van der Waals surface area contributed by atoms with Crippen molar-refractivity contribution < 1.29 is 9.90 Å². The summed E-state index contributed by atoms with van der Waals surface area (Å²) in [5.74, 6) is 0.790. The second kappa shape index (κ2) is 6.05. The molecule has 0 amide bonds. The molecule has 1 fully saturated rings. The number of hydrogen-bond acceptors (Lipinski definition) is 2. The van der Waals surface area contributed by atoms with E-state index < -0.39 is 11.5 Å². The summed E-state index contributed by atoms with van der Waals surface area (Å²) in [6.07, 6.45) is 6.13. The zero-order valence-electron chi connectivity index (χ0n) is 12.6. The number of aliphatic carboxylic acids is 1. The molecule has 0 aromatic carbocycles. The van der Waals surface area contributed by atoms with Crippen LogP contribution in [0.1, 0.15) is 59.8 Å². The average molecular weight is 255 g/mol. The van der Waals surface area contributed by atoms with Crippen LogP contribution in [0.4, 0.5) is 0 Å². The maximum Gasteiger partial charge on any atom is 0.323 e. The smallest absolute Gasteiger partial charge is 0.323 e. The van der Waals surface area contributed by atoms with Crippen molar-refractivity contribution in [1.82, 2.24) is 4.90 Å². The van der Waals surface area contributed by atoms with Gasteiger partial charge in [0.2, 0.25) is 0 Å². The van der Waals surface area contributed by atoms with Gasteiger partial charge in [-0.25, -0.2) is 0 Å². The quantitative estimate of drug-likeness (QED) is 0.818. The summed E-state index contributed by atoms with van der Waals surface area (Å²) >= 11 is 0. The highest BCUT2D eigenvalue weighted by Crippen LogP contribution is 2.33. The van der Waals surface area contributed by atoms with Gasteiger partial charge in [0.15, 0.2) is 0 Å². The number of likely N-dealkylation sites (N-methyl/N-ethyl adjacent to an activating group) is 1. The number of rotatable bonds is 5. The molecular weight excluding hydrogens is 226 g/mol. The van der Waals surface area contributed by atoms with Crippen molar-refractivity contribution in [2.45, 2.75) is 71.4 Å². The molecule has 1 rings (SSSR count). The van der Waals surface area contributed by atoms with Crippen molar-refractivity contribution in [3.05, 3.63) is 0 Å². The Kier molecular flexibility index (Phi) is 5.20. The molecule has 0 bridgehead atoms. The van der Waals surface area contributed by atoms with E-state index in [9.17, 15) is 9.90 Å². The van der Waals surface area contributed by atoms with Crippen LogP contribution in [0.2, 0.25) is 0 Å². The Bertz CT molecular complexity index is 286. The third-order valence-corrected chi connectivity index (χ3v) is 4.51. The summed E-state index contributed by atoms with van der Waals surface area (Å²) < 4.78 is 0. The highest BCUT2D eigenvalue weighted by molar-refractivity contribution is 5.77. The van der Waals surface area contributed by atoms with Gasteiger partial charge in [-0.1, -0.05) is 26.7 Å². The van der Waals surface area contributed by atoms with E-state index in [0.29, 0.717) is 6.04 Å². The van der Waals surface area contributed by atoms with Crippen LogP contribution in [0.5, 0.6) is 0 Å². The lowest BCUT2D eigenvalue weighted by atomic mass is 9.79.